The van der Waals surface area contributed by atoms with Crippen molar-refractivity contribution in [2.45, 2.75) is 25.1 Å². The van der Waals surface area contributed by atoms with E-state index in [-0.39, 0.29) is 5.91 Å². The van der Waals surface area contributed by atoms with Crippen LogP contribution in [0, 0.1) is 0 Å². The summed E-state index contributed by atoms with van der Waals surface area (Å²) in [4.78, 5) is 16.4. The molecular formula is C15H17F3N2O. The van der Waals surface area contributed by atoms with Gasteiger partial charge in [0.2, 0.25) is 0 Å². The van der Waals surface area contributed by atoms with E-state index in [4.69, 9.17) is 0 Å². The van der Waals surface area contributed by atoms with Crippen molar-refractivity contribution < 1.29 is 18.0 Å². The maximum absolute atomic E-state index is 12.5. The van der Waals surface area contributed by atoms with Crippen molar-refractivity contribution in [1.82, 2.24) is 9.80 Å². The molecule has 1 aromatic carbocycles. The predicted octanol–water partition coefficient (Wildman–Crippen LogP) is 2.63. The first-order chi connectivity index (χ1) is 9.95. The highest BCUT2D eigenvalue weighted by atomic mass is 19.4. The van der Waals surface area contributed by atoms with Gasteiger partial charge in [0.1, 0.15) is 0 Å². The van der Waals surface area contributed by atoms with Gasteiger partial charge < -0.3 is 4.90 Å². The van der Waals surface area contributed by atoms with Gasteiger partial charge in [-0.25, -0.2) is 0 Å². The fourth-order valence-electron chi connectivity index (χ4n) is 2.71. The Balaban J connectivity index is 1.62. The molecule has 0 N–H and O–H groups in total. The van der Waals surface area contributed by atoms with E-state index in [0.29, 0.717) is 24.7 Å². The molecule has 1 aromatic rings. The summed E-state index contributed by atoms with van der Waals surface area (Å²) < 4.78 is 37.5. The highest BCUT2D eigenvalue weighted by molar-refractivity contribution is 5.94. The Hall–Kier alpha value is -1.56. The minimum Gasteiger partial charge on any atom is -0.336 e. The summed E-state index contributed by atoms with van der Waals surface area (Å²) in [5.74, 6) is -0.181. The zero-order valence-electron chi connectivity index (χ0n) is 11.6. The second-order valence-corrected chi connectivity index (χ2v) is 5.63. The van der Waals surface area contributed by atoms with Gasteiger partial charge in [-0.3, -0.25) is 9.69 Å². The number of hydrogen-bond donors (Lipinski definition) is 0. The number of hydrogen-bond acceptors (Lipinski definition) is 2. The number of alkyl halides is 3. The Bertz CT molecular complexity index is 515. The van der Waals surface area contributed by atoms with Gasteiger partial charge >= 0.3 is 6.18 Å². The van der Waals surface area contributed by atoms with Crippen LogP contribution in [0.4, 0.5) is 13.2 Å². The fraction of sp³-hybridized carbons (Fsp3) is 0.533. The number of halogens is 3. The van der Waals surface area contributed by atoms with Crippen molar-refractivity contribution in [3.63, 3.8) is 0 Å². The van der Waals surface area contributed by atoms with Gasteiger partial charge in [0.25, 0.3) is 5.91 Å². The Morgan fingerprint density at radius 2 is 1.57 bits per heavy atom. The van der Waals surface area contributed by atoms with E-state index in [2.05, 4.69) is 4.90 Å². The van der Waals surface area contributed by atoms with Crippen LogP contribution < -0.4 is 0 Å². The van der Waals surface area contributed by atoms with Crippen LogP contribution in [0.5, 0.6) is 0 Å². The topological polar surface area (TPSA) is 23.6 Å². The smallest absolute Gasteiger partial charge is 0.336 e. The van der Waals surface area contributed by atoms with Gasteiger partial charge in [0, 0.05) is 37.8 Å². The van der Waals surface area contributed by atoms with Crippen LogP contribution in [0.3, 0.4) is 0 Å². The lowest BCUT2D eigenvalue weighted by atomic mass is 10.1. The van der Waals surface area contributed by atoms with Crippen molar-refractivity contribution in [3.05, 3.63) is 35.4 Å². The molecule has 0 atom stereocenters. The zero-order valence-corrected chi connectivity index (χ0v) is 11.6. The Morgan fingerprint density at radius 1 is 1.00 bits per heavy atom. The van der Waals surface area contributed by atoms with Gasteiger partial charge in [0.05, 0.1) is 5.56 Å². The van der Waals surface area contributed by atoms with Crippen molar-refractivity contribution in [1.29, 1.82) is 0 Å². The van der Waals surface area contributed by atoms with Crippen LogP contribution in [0.2, 0.25) is 0 Å². The second kappa shape index (κ2) is 5.33. The van der Waals surface area contributed by atoms with E-state index in [9.17, 15) is 18.0 Å². The van der Waals surface area contributed by atoms with Crippen LogP contribution in [-0.4, -0.2) is 47.9 Å². The molecule has 3 rings (SSSR count). The molecule has 114 valence electrons. The highest BCUT2D eigenvalue weighted by Crippen LogP contribution is 2.30. The third-order valence-corrected chi connectivity index (χ3v) is 4.12. The monoisotopic (exact) mass is 298 g/mol. The van der Waals surface area contributed by atoms with Crippen LogP contribution in [-0.2, 0) is 6.18 Å². The first-order valence-electron chi connectivity index (χ1n) is 7.16. The lowest BCUT2D eigenvalue weighted by Gasteiger charge is -2.34. The van der Waals surface area contributed by atoms with Crippen molar-refractivity contribution in [3.8, 4) is 0 Å². The first-order valence-corrected chi connectivity index (χ1v) is 7.16. The average molecular weight is 298 g/mol. The van der Waals surface area contributed by atoms with Crippen LogP contribution in [0.25, 0.3) is 0 Å². The molecule has 0 aromatic heterocycles. The Morgan fingerprint density at radius 3 is 2.05 bits per heavy atom. The number of rotatable bonds is 2. The number of carbonyl (C=O) groups excluding carboxylic acids is 1. The van der Waals surface area contributed by atoms with Crippen LogP contribution in [0.15, 0.2) is 24.3 Å². The minimum atomic E-state index is -4.36. The van der Waals surface area contributed by atoms with Gasteiger partial charge in [-0.15, -0.1) is 0 Å². The summed E-state index contributed by atoms with van der Waals surface area (Å²) in [5.41, 5.74) is -0.402. The van der Waals surface area contributed by atoms with E-state index in [1.807, 2.05) is 0 Å². The maximum Gasteiger partial charge on any atom is 0.416 e. The Labute approximate surface area is 121 Å². The van der Waals surface area contributed by atoms with Gasteiger partial charge in [-0.1, -0.05) is 0 Å². The normalized spacial score (nSPS) is 20.6. The summed E-state index contributed by atoms with van der Waals surface area (Å²) in [6, 6.07) is 5.14. The molecule has 1 saturated carbocycles. The molecule has 1 saturated heterocycles. The molecule has 1 amide bonds. The predicted molar refractivity (Wildman–Crippen MR) is 71.9 cm³/mol. The van der Waals surface area contributed by atoms with E-state index in [1.165, 1.54) is 25.0 Å². The van der Waals surface area contributed by atoms with Gasteiger partial charge in [0.15, 0.2) is 0 Å². The molecule has 0 bridgehead atoms. The standard InChI is InChI=1S/C15H17F3N2O/c16-15(17,18)12-3-1-11(2-4-12)14(21)20-9-7-19(8-10-20)13-5-6-13/h1-4,13H,5-10H2. The summed E-state index contributed by atoms with van der Waals surface area (Å²) >= 11 is 0. The van der Waals surface area contributed by atoms with Gasteiger partial charge in [-0.2, -0.15) is 13.2 Å². The number of carbonyl (C=O) groups is 1. The average Bonchev–Trinajstić information content (AvgIpc) is 3.31. The Kier molecular flexibility index (Phi) is 3.65. The number of nitrogens with zero attached hydrogens (tertiary/aromatic N) is 2. The summed E-state index contributed by atoms with van der Waals surface area (Å²) in [7, 11) is 0. The molecule has 2 aliphatic rings. The third-order valence-electron chi connectivity index (χ3n) is 4.12. The SMILES string of the molecule is O=C(c1ccc(C(F)(F)F)cc1)N1CCN(C2CC2)CC1. The molecule has 1 heterocycles. The summed E-state index contributed by atoms with van der Waals surface area (Å²) in [5, 5.41) is 0. The van der Waals surface area contributed by atoms with Crippen LogP contribution in [0.1, 0.15) is 28.8 Å². The van der Waals surface area contributed by atoms with E-state index in [0.717, 1.165) is 25.2 Å². The zero-order chi connectivity index (χ0) is 15.0. The number of amides is 1. The molecule has 0 radical (unpaired) electrons. The summed E-state index contributed by atoms with van der Waals surface area (Å²) in [6.45, 7) is 3.01. The molecule has 0 unspecified atom stereocenters. The highest BCUT2D eigenvalue weighted by Gasteiger charge is 2.33. The maximum atomic E-state index is 12.5. The molecule has 6 heteroatoms. The summed E-state index contributed by atoms with van der Waals surface area (Å²) in [6.07, 6.45) is -1.88. The third kappa shape index (κ3) is 3.20. The molecule has 0 spiro atoms. The second-order valence-electron chi connectivity index (χ2n) is 5.63. The molecule has 3 nitrogen and oxygen atoms in total. The van der Waals surface area contributed by atoms with Crippen molar-refractivity contribution >= 4 is 5.91 Å². The van der Waals surface area contributed by atoms with E-state index >= 15 is 0 Å². The number of piperazine rings is 1. The van der Waals surface area contributed by atoms with Gasteiger partial charge in [-0.05, 0) is 37.1 Å². The largest absolute Gasteiger partial charge is 0.416 e. The van der Waals surface area contributed by atoms with E-state index in [1.54, 1.807) is 4.90 Å². The minimum absolute atomic E-state index is 0.181. The molecule has 1 aliphatic carbocycles. The molecular weight excluding hydrogens is 281 g/mol. The van der Waals surface area contributed by atoms with Crippen molar-refractivity contribution in [2.24, 2.45) is 0 Å². The van der Waals surface area contributed by atoms with Crippen molar-refractivity contribution in [2.75, 3.05) is 26.2 Å². The molecule has 1 aliphatic heterocycles. The lowest BCUT2D eigenvalue weighted by Crippen LogP contribution is -2.49. The van der Waals surface area contributed by atoms with E-state index < -0.39 is 11.7 Å². The number of benzene rings is 1. The fourth-order valence-corrected chi connectivity index (χ4v) is 2.71. The quantitative estimate of drug-likeness (QED) is 0.838. The van der Waals surface area contributed by atoms with Crippen LogP contribution >= 0.6 is 0 Å². The molecule has 21 heavy (non-hydrogen) atoms. The molecule has 2 fully saturated rings. The first kappa shape index (κ1) is 14.4. The lowest BCUT2D eigenvalue weighted by molar-refractivity contribution is -0.137.